The monoisotopic (exact) mass is 310 g/mol. The summed E-state index contributed by atoms with van der Waals surface area (Å²) in [6, 6.07) is 4.38. The summed E-state index contributed by atoms with van der Waals surface area (Å²) in [7, 11) is -4.07. The van der Waals surface area contributed by atoms with Crippen molar-refractivity contribution >= 4 is 16.0 Å². The van der Waals surface area contributed by atoms with Gasteiger partial charge < -0.3 is 9.67 Å². The highest BCUT2D eigenvalue weighted by Gasteiger charge is 2.27. The van der Waals surface area contributed by atoms with E-state index in [1.165, 1.54) is 10.8 Å². The van der Waals surface area contributed by atoms with Gasteiger partial charge in [0.05, 0.1) is 12.1 Å². The van der Waals surface area contributed by atoms with E-state index in [9.17, 15) is 13.2 Å². The molecule has 0 radical (unpaired) electrons. The first-order valence-corrected chi connectivity index (χ1v) is 7.50. The fraction of sp³-hybridized carbons (Fsp3) is 0.417. The standard InChI is InChI=1S/C12H14N4O4S/c1-2-5-15-9-10(8-11(15)12(17)18)21(19,20)16(6-3-13)7-4-14/h8-9H,2,5-7H2,1H3,(H,17,18). The molecule has 0 saturated heterocycles. The summed E-state index contributed by atoms with van der Waals surface area (Å²) in [5.74, 6) is -1.24. The van der Waals surface area contributed by atoms with Crippen LogP contribution in [0.3, 0.4) is 0 Å². The highest BCUT2D eigenvalue weighted by molar-refractivity contribution is 7.89. The number of nitriles is 2. The molecule has 0 atom stereocenters. The SMILES string of the molecule is CCCn1cc(S(=O)(=O)N(CC#N)CC#N)cc1C(=O)O. The Bertz CT molecular complexity index is 693. The summed E-state index contributed by atoms with van der Waals surface area (Å²) in [4.78, 5) is 10.9. The highest BCUT2D eigenvalue weighted by atomic mass is 32.2. The van der Waals surface area contributed by atoms with E-state index in [2.05, 4.69) is 0 Å². The van der Waals surface area contributed by atoms with Crippen molar-refractivity contribution in [2.75, 3.05) is 13.1 Å². The van der Waals surface area contributed by atoms with Gasteiger partial charge in [-0.2, -0.15) is 14.8 Å². The third-order valence-electron chi connectivity index (χ3n) is 2.69. The van der Waals surface area contributed by atoms with E-state index >= 15 is 0 Å². The Morgan fingerprint density at radius 2 is 1.95 bits per heavy atom. The van der Waals surface area contributed by atoms with E-state index in [0.29, 0.717) is 17.3 Å². The maximum Gasteiger partial charge on any atom is 0.352 e. The average molecular weight is 310 g/mol. The minimum atomic E-state index is -4.07. The highest BCUT2D eigenvalue weighted by Crippen LogP contribution is 2.19. The van der Waals surface area contributed by atoms with Crippen molar-refractivity contribution in [2.24, 2.45) is 0 Å². The summed E-state index contributed by atoms with van der Waals surface area (Å²) < 4.78 is 26.7. The van der Waals surface area contributed by atoms with Crippen molar-refractivity contribution in [3.63, 3.8) is 0 Å². The molecule has 0 aliphatic heterocycles. The van der Waals surface area contributed by atoms with Crippen LogP contribution in [0.4, 0.5) is 0 Å². The van der Waals surface area contributed by atoms with Gasteiger partial charge in [-0.05, 0) is 12.5 Å². The lowest BCUT2D eigenvalue weighted by Gasteiger charge is -2.14. The van der Waals surface area contributed by atoms with Gasteiger partial charge >= 0.3 is 5.97 Å². The van der Waals surface area contributed by atoms with Gasteiger partial charge in [-0.3, -0.25) is 0 Å². The third-order valence-corrected chi connectivity index (χ3v) is 4.44. The largest absolute Gasteiger partial charge is 0.477 e. The van der Waals surface area contributed by atoms with Crippen LogP contribution < -0.4 is 0 Å². The summed E-state index contributed by atoms with van der Waals surface area (Å²) in [5, 5.41) is 26.4. The van der Waals surface area contributed by atoms with E-state index in [4.69, 9.17) is 15.6 Å². The average Bonchev–Trinajstić information content (AvgIpc) is 2.84. The van der Waals surface area contributed by atoms with Gasteiger partial charge in [0.25, 0.3) is 0 Å². The van der Waals surface area contributed by atoms with Crippen molar-refractivity contribution in [1.29, 1.82) is 10.5 Å². The van der Waals surface area contributed by atoms with E-state index in [-0.39, 0.29) is 10.6 Å². The van der Waals surface area contributed by atoms with Crippen LogP contribution in [0, 0.1) is 22.7 Å². The molecule has 1 aromatic heterocycles. The van der Waals surface area contributed by atoms with Gasteiger partial charge in [-0.25, -0.2) is 13.2 Å². The number of rotatable bonds is 7. The van der Waals surface area contributed by atoms with Gasteiger partial charge in [0, 0.05) is 12.7 Å². The maximum atomic E-state index is 12.3. The van der Waals surface area contributed by atoms with Crippen LogP contribution in [-0.4, -0.2) is 41.5 Å². The number of hydrogen-bond acceptors (Lipinski definition) is 5. The van der Waals surface area contributed by atoms with Crippen LogP contribution in [-0.2, 0) is 16.6 Å². The Kier molecular flexibility index (Phi) is 5.47. The second-order valence-electron chi connectivity index (χ2n) is 4.15. The van der Waals surface area contributed by atoms with Crippen LogP contribution >= 0.6 is 0 Å². The molecular formula is C12H14N4O4S. The lowest BCUT2D eigenvalue weighted by atomic mass is 10.4. The zero-order valence-corrected chi connectivity index (χ0v) is 12.2. The minimum Gasteiger partial charge on any atom is -0.477 e. The Morgan fingerprint density at radius 3 is 2.38 bits per heavy atom. The summed E-state index contributed by atoms with van der Waals surface area (Å²) in [6.07, 6.45) is 1.85. The predicted octanol–water partition coefficient (Wildman–Crippen LogP) is 0.634. The first kappa shape index (κ1) is 16.7. The normalized spacial score (nSPS) is 11.0. The number of hydrogen-bond donors (Lipinski definition) is 1. The molecule has 8 nitrogen and oxygen atoms in total. The maximum absolute atomic E-state index is 12.3. The summed E-state index contributed by atoms with van der Waals surface area (Å²) >= 11 is 0. The molecule has 1 N–H and O–H groups in total. The quantitative estimate of drug-likeness (QED) is 0.736. The lowest BCUT2D eigenvalue weighted by molar-refractivity contribution is 0.0685. The van der Waals surface area contributed by atoms with Gasteiger partial charge in [-0.15, -0.1) is 0 Å². The molecule has 0 spiro atoms. The van der Waals surface area contributed by atoms with Crippen molar-refractivity contribution in [3.8, 4) is 12.1 Å². The fourth-order valence-corrected chi connectivity index (χ4v) is 3.04. The van der Waals surface area contributed by atoms with Crippen LogP contribution in [0.2, 0.25) is 0 Å². The Labute approximate surface area is 122 Å². The molecule has 1 aromatic rings. The topological polar surface area (TPSA) is 127 Å². The van der Waals surface area contributed by atoms with E-state index in [1.54, 1.807) is 12.1 Å². The third kappa shape index (κ3) is 3.60. The molecule has 0 aliphatic carbocycles. The smallest absolute Gasteiger partial charge is 0.352 e. The minimum absolute atomic E-state index is 0.149. The molecule has 0 bridgehead atoms. The summed E-state index contributed by atoms with van der Waals surface area (Å²) in [6.45, 7) is 1.24. The van der Waals surface area contributed by atoms with Gasteiger partial charge in [0.2, 0.25) is 10.0 Å². The van der Waals surface area contributed by atoms with E-state index in [1.807, 2.05) is 6.92 Å². The lowest BCUT2D eigenvalue weighted by Crippen LogP contribution is -2.31. The molecule has 1 rings (SSSR count). The van der Waals surface area contributed by atoms with Crippen LogP contribution in [0.15, 0.2) is 17.2 Å². The molecule has 0 fully saturated rings. The molecule has 9 heteroatoms. The van der Waals surface area contributed by atoms with E-state index in [0.717, 1.165) is 6.07 Å². The van der Waals surface area contributed by atoms with E-state index < -0.39 is 29.1 Å². The second-order valence-corrected chi connectivity index (χ2v) is 6.09. The first-order valence-electron chi connectivity index (χ1n) is 6.06. The van der Waals surface area contributed by atoms with Crippen molar-refractivity contribution in [2.45, 2.75) is 24.8 Å². The fourth-order valence-electron chi connectivity index (χ4n) is 1.76. The number of carboxylic acids is 1. The molecule has 21 heavy (non-hydrogen) atoms. The van der Waals surface area contributed by atoms with Crippen LogP contribution in [0.1, 0.15) is 23.8 Å². The molecule has 112 valence electrons. The first-order chi connectivity index (χ1) is 9.88. The number of aryl methyl sites for hydroxylation is 1. The van der Waals surface area contributed by atoms with Crippen LogP contribution in [0.25, 0.3) is 0 Å². The molecule has 0 aromatic carbocycles. The molecular weight excluding hydrogens is 296 g/mol. The molecule has 0 saturated carbocycles. The number of sulfonamides is 1. The molecule has 0 aliphatic rings. The zero-order valence-electron chi connectivity index (χ0n) is 11.4. The van der Waals surface area contributed by atoms with Gasteiger partial charge in [-0.1, -0.05) is 6.92 Å². The Balaban J connectivity index is 3.31. The predicted molar refractivity (Wildman–Crippen MR) is 71.7 cm³/mol. The van der Waals surface area contributed by atoms with Gasteiger partial charge in [0.1, 0.15) is 23.7 Å². The van der Waals surface area contributed by atoms with Crippen molar-refractivity contribution < 1.29 is 18.3 Å². The van der Waals surface area contributed by atoms with Crippen molar-refractivity contribution in [1.82, 2.24) is 8.87 Å². The summed E-state index contributed by atoms with van der Waals surface area (Å²) in [5.41, 5.74) is -0.149. The zero-order chi connectivity index (χ0) is 16.0. The number of aromatic nitrogens is 1. The molecule has 1 heterocycles. The Morgan fingerprint density at radius 1 is 1.38 bits per heavy atom. The van der Waals surface area contributed by atoms with Crippen molar-refractivity contribution in [3.05, 3.63) is 18.0 Å². The number of carbonyl (C=O) groups is 1. The molecule has 0 unspecified atom stereocenters. The Hall–Kier alpha value is -2.36. The van der Waals surface area contributed by atoms with Gasteiger partial charge in [0.15, 0.2) is 0 Å². The number of aromatic carboxylic acids is 1. The number of carboxylic acid groups (broad SMARTS) is 1. The number of nitrogens with zero attached hydrogens (tertiary/aromatic N) is 4. The second kappa shape index (κ2) is 6.88. The molecule has 0 amide bonds. The van der Waals surface area contributed by atoms with Crippen LogP contribution in [0.5, 0.6) is 0 Å².